The normalized spacial score (nSPS) is 19.9. The predicted octanol–water partition coefficient (Wildman–Crippen LogP) is 3.78. The number of furan rings is 1. The van der Waals surface area contributed by atoms with E-state index in [4.69, 9.17) is 19.1 Å². The molecular weight excluding hydrogens is 400 g/mol. The largest absolute Gasteiger partial charge is 0.455 e. The number of hydrogen-bond donors (Lipinski definition) is 0. The van der Waals surface area contributed by atoms with Gasteiger partial charge in [-0.2, -0.15) is 0 Å². The summed E-state index contributed by atoms with van der Waals surface area (Å²) < 4.78 is 11.1. The third-order valence-corrected chi connectivity index (χ3v) is 6.59. The molecule has 2 aromatic heterocycles. The fourth-order valence-electron chi connectivity index (χ4n) is 3.92. The summed E-state index contributed by atoms with van der Waals surface area (Å²) in [6.07, 6.45) is 4.59. The first kappa shape index (κ1) is 21.2. The maximum Gasteiger partial charge on any atom is 0.289 e. The molecule has 7 nitrogen and oxygen atoms in total. The van der Waals surface area contributed by atoms with Crippen LogP contribution in [0.5, 0.6) is 0 Å². The number of nitrogens with zero attached hydrogens (tertiary/aromatic N) is 4. The Morgan fingerprint density at radius 3 is 2.80 bits per heavy atom. The number of thioether (sulfide) groups is 1. The van der Waals surface area contributed by atoms with Gasteiger partial charge in [0.25, 0.3) is 5.91 Å². The number of ether oxygens (including phenoxy) is 1. The summed E-state index contributed by atoms with van der Waals surface area (Å²) in [6, 6.07) is 6.27. The summed E-state index contributed by atoms with van der Waals surface area (Å²) in [4.78, 5) is 26.3. The Labute approximate surface area is 182 Å². The Morgan fingerprint density at radius 2 is 2.03 bits per heavy atom. The van der Waals surface area contributed by atoms with Gasteiger partial charge in [0.15, 0.2) is 10.9 Å². The van der Waals surface area contributed by atoms with Crippen molar-refractivity contribution < 1.29 is 13.9 Å². The van der Waals surface area contributed by atoms with Crippen molar-refractivity contribution >= 4 is 23.5 Å². The van der Waals surface area contributed by atoms with E-state index in [0.29, 0.717) is 43.9 Å². The number of aryl methyl sites for hydroxylation is 1. The summed E-state index contributed by atoms with van der Waals surface area (Å²) in [5.74, 6) is 2.70. The maximum atomic E-state index is 12.6. The Kier molecular flexibility index (Phi) is 6.94. The summed E-state index contributed by atoms with van der Waals surface area (Å²) in [5.41, 5.74) is 1.06. The Morgan fingerprint density at radius 1 is 1.20 bits per heavy atom. The van der Waals surface area contributed by atoms with E-state index >= 15 is 0 Å². The van der Waals surface area contributed by atoms with Gasteiger partial charge < -0.3 is 19.0 Å². The molecule has 1 amide bonds. The highest BCUT2D eigenvalue weighted by molar-refractivity contribution is 7.98. The third kappa shape index (κ3) is 4.98. The SMILES string of the molecule is CCc1cc(N2CCCCC2C)nc(SCc2ccc(C(=O)N3CCOCC3)o2)n1. The first-order valence-corrected chi connectivity index (χ1v) is 11.9. The Balaban J connectivity index is 1.42. The number of anilines is 1. The molecule has 2 aliphatic rings. The van der Waals surface area contributed by atoms with Crippen LogP contribution in [0.1, 0.15) is 55.1 Å². The van der Waals surface area contributed by atoms with Crippen molar-refractivity contribution in [3.8, 4) is 0 Å². The van der Waals surface area contributed by atoms with Crippen molar-refractivity contribution in [1.29, 1.82) is 0 Å². The van der Waals surface area contributed by atoms with Gasteiger partial charge in [-0.3, -0.25) is 4.79 Å². The van der Waals surface area contributed by atoms with E-state index < -0.39 is 0 Å². The van der Waals surface area contributed by atoms with Gasteiger partial charge in [0.2, 0.25) is 0 Å². The van der Waals surface area contributed by atoms with Gasteiger partial charge in [0.1, 0.15) is 11.6 Å². The van der Waals surface area contributed by atoms with Gasteiger partial charge in [-0.05, 0) is 44.7 Å². The fraction of sp³-hybridized carbons (Fsp3) is 0.591. The zero-order valence-electron chi connectivity index (χ0n) is 17.8. The lowest BCUT2D eigenvalue weighted by molar-refractivity contribution is 0.0282. The van der Waals surface area contributed by atoms with E-state index in [-0.39, 0.29) is 5.91 Å². The molecule has 0 aromatic carbocycles. The second-order valence-corrected chi connectivity index (χ2v) is 8.79. The van der Waals surface area contributed by atoms with Gasteiger partial charge in [0.05, 0.1) is 19.0 Å². The molecule has 1 unspecified atom stereocenters. The number of carbonyl (C=O) groups is 1. The van der Waals surface area contributed by atoms with Crippen LogP contribution in [0.2, 0.25) is 0 Å². The molecule has 2 aliphatic heterocycles. The first-order valence-electron chi connectivity index (χ1n) is 10.9. The molecule has 0 saturated carbocycles. The van der Waals surface area contributed by atoms with Crippen LogP contribution in [-0.4, -0.2) is 59.7 Å². The smallest absolute Gasteiger partial charge is 0.289 e. The van der Waals surface area contributed by atoms with Crippen LogP contribution in [-0.2, 0) is 16.9 Å². The molecule has 0 N–H and O–H groups in total. The molecule has 8 heteroatoms. The van der Waals surface area contributed by atoms with Gasteiger partial charge >= 0.3 is 0 Å². The molecule has 2 saturated heterocycles. The number of piperidine rings is 1. The van der Waals surface area contributed by atoms with E-state index in [1.54, 1.807) is 22.7 Å². The van der Waals surface area contributed by atoms with Gasteiger partial charge in [0, 0.05) is 37.4 Å². The quantitative estimate of drug-likeness (QED) is 0.510. The molecule has 30 heavy (non-hydrogen) atoms. The molecule has 0 aliphatic carbocycles. The minimum atomic E-state index is -0.0693. The number of morpholine rings is 1. The molecule has 0 spiro atoms. The van der Waals surface area contributed by atoms with Crippen molar-refractivity contribution in [2.75, 3.05) is 37.7 Å². The van der Waals surface area contributed by atoms with Crippen LogP contribution in [0.25, 0.3) is 0 Å². The zero-order valence-corrected chi connectivity index (χ0v) is 18.6. The van der Waals surface area contributed by atoms with Gasteiger partial charge in [-0.15, -0.1) is 0 Å². The van der Waals surface area contributed by atoms with Crippen LogP contribution in [0, 0.1) is 0 Å². The summed E-state index contributed by atoms with van der Waals surface area (Å²) in [5, 5.41) is 0.763. The predicted molar refractivity (Wildman–Crippen MR) is 117 cm³/mol. The fourth-order valence-corrected chi connectivity index (χ4v) is 4.69. The minimum Gasteiger partial charge on any atom is -0.455 e. The van der Waals surface area contributed by atoms with Crippen molar-refractivity contribution in [3.05, 3.63) is 35.4 Å². The van der Waals surface area contributed by atoms with Crippen molar-refractivity contribution in [1.82, 2.24) is 14.9 Å². The van der Waals surface area contributed by atoms with Crippen LogP contribution in [0.3, 0.4) is 0 Å². The second-order valence-electron chi connectivity index (χ2n) is 7.85. The molecule has 4 rings (SSSR count). The molecule has 2 fully saturated rings. The molecule has 162 valence electrons. The molecular formula is C22H30N4O3S. The minimum absolute atomic E-state index is 0.0693. The maximum absolute atomic E-state index is 12.6. The zero-order chi connectivity index (χ0) is 20.9. The lowest BCUT2D eigenvalue weighted by Crippen LogP contribution is -2.40. The standard InChI is InChI=1S/C22H30N4O3S/c1-3-17-14-20(26-9-5-4-6-16(26)2)24-22(23-17)30-15-18-7-8-19(29-18)21(27)25-10-12-28-13-11-25/h7-8,14,16H,3-6,9-13,15H2,1-2H3. The van der Waals surface area contributed by atoms with Crippen molar-refractivity contribution in [2.45, 2.75) is 56.5 Å². The summed E-state index contributed by atoms with van der Waals surface area (Å²) in [6.45, 7) is 7.83. The highest BCUT2D eigenvalue weighted by Gasteiger charge is 2.23. The topological polar surface area (TPSA) is 71.7 Å². The van der Waals surface area contributed by atoms with Gasteiger partial charge in [-0.1, -0.05) is 18.7 Å². The first-order chi connectivity index (χ1) is 14.6. The number of hydrogen-bond acceptors (Lipinski definition) is 7. The summed E-state index contributed by atoms with van der Waals surface area (Å²) >= 11 is 1.56. The Bertz CT molecular complexity index is 866. The average molecular weight is 431 g/mol. The molecule has 1 atom stereocenters. The van der Waals surface area contributed by atoms with Crippen LogP contribution < -0.4 is 4.90 Å². The molecule has 4 heterocycles. The monoisotopic (exact) mass is 430 g/mol. The van der Waals surface area contributed by atoms with E-state index in [1.165, 1.54) is 19.3 Å². The summed E-state index contributed by atoms with van der Waals surface area (Å²) in [7, 11) is 0. The number of amides is 1. The lowest BCUT2D eigenvalue weighted by atomic mass is 10.0. The molecule has 0 bridgehead atoms. The molecule has 2 aromatic rings. The average Bonchev–Trinajstić information content (AvgIpc) is 3.27. The van der Waals surface area contributed by atoms with Crippen LogP contribution >= 0.6 is 11.8 Å². The highest BCUT2D eigenvalue weighted by Crippen LogP contribution is 2.28. The van der Waals surface area contributed by atoms with E-state index in [9.17, 15) is 4.79 Å². The third-order valence-electron chi connectivity index (χ3n) is 5.72. The Hall–Kier alpha value is -2.06. The highest BCUT2D eigenvalue weighted by atomic mass is 32.2. The molecule has 0 radical (unpaired) electrons. The second kappa shape index (κ2) is 9.83. The number of carbonyl (C=O) groups excluding carboxylic acids is 1. The van der Waals surface area contributed by atoms with E-state index in [0.717, 1.165) is 35.4 Å². The van der Waals surface area contributed by atoms with Crippen LogP contribution in [0.15, 0.2) is 27.8 Å². The van der Waals surface area contributed by atoms with E-state index in [1.807, 2.05) is 6.07 Å². The van der Waals surface area contributed by atoms with Gasteiger partial charge in [-0.25, -0.2) is 9.97 Å². The van der Waals surface area contributed by atoms with Crippen molar-refractivity contribution in [3.63, 3.8) is 0 Å². The van der Waals surface area contributed by atoms with Crippen molar-refractivity contribution in [2.24, 2.45) is 0 Å². The van der Waals surface area contributed by atoms with E-state index in [2.05, 4.69) is 24.8 Å². The number of rotatable bonds is 6. The number of aromatic nitrogens is 2. The van der Waals surface area contributed by atoms with Crippen LogP contribution in [0.4, 0.5) is 5.82 Å². The lowest BCUT2D eigenvalue weighted by Gasteiger charge is -2.34.